The topological polar surface area (TPSA) is 30.5 Å². The molecule has 2 aliphatic rings. The van der Waals surface area contributed by atoms with Crippen LogP contribution in [0.5, 0.6) is 5.75 Å². The Morgan fingerprint density at radius 3 is 2.89 bits per heavy atom. The van der Waals surface area contributed by atoms with Crippen molar-refractivity contribution in [1.82, 2.24) is 5.32 Å². The highest BCUT2D eigenvalue weighted by Crippen LogP contribution is 2.39. The zero-order valence-corrected chi connectivity index (χ0v) is 9.46. The van der Waals surface area contributed by atoms with E-state index in [2.05, 4.69) is 5.32 Å². The molecule has 98 valence electrons. The van der Waals surface area contributed by atoms with Crippen LogP contribution in [0.15, 0.2) is 18.2 Å². The van der Waals surface area contributed by atoms with Gasteiger partial charge in [-0.3, -0.25) is 0 Å². The van der Waals surface area contributed by atoms with Gasteiger partial charge in [0.15, 0.2) is 0 Å². The van der Waals surface area contributed by atoms with Crippen LogP contribution in [0, 0.1) is 0 Å². The minimum Gasteiger partial charge on any atom is -0.490 e. The van der Waals surface area contributed by atoms with Crippen LogP contribution < -0.4 is 10.1 Å². The smallest absolute Gasteiger partial charge is 0.416 e. The predicted molar refractivity (Wildman–Crippen MR) is 57.4 cm³/mol. The lowest BCUT2D eigenvalue weighted by Gasteiger charge is -2.37. The molecule has 6 heteroatoms. The second-order valence-electron chi connectivity index (χ2n) is 4.40. The molecule has 1 fully saturated rings. The molecule has 0 unspecified atom stereocenters. The number of hydrogen-bond acceptors (Lipinski definition) is 3. The van der Waals surface area contributed by atoms with Crippen LogP contribution in [0.25, 0.3) is 0 Å². The molecule has 0 bridgehead atoms. The van der Waals surface area contributed by atoms with Gasteiger partial charge in [-0.05, 0) is 12.1 Å². The van der Waals surface area contributed by atoms with Gasteiger partial charge in [-0.15, -0.1) is 0 Å². The van der Waals surface area contributed by atoms with Crippen molar-refractivity contribution in [3.8, 4) is 5.75 Å². The molecule has 0 aromatic heterocycles. The number of benzene rings is 1. The average molecular weight is 259 g/mol. The molecule has 0 radical (unpaired) electrons. The summed E-state index contributed by atoms with van der Waals surface area (Å²) in [4.78, 5) is 0. The SMILES string of the molecule is FC(F)(F)c1ccc2c(c1)OC[C@@H]1OCCN[C@H]21. The molecule has 18 heavy (non-hydrogen) atoms. The van der Waals surface area contributed by atoms with E-state index in [1.54, 1.807) is 0 Å². The molecule has 1 aromatic carbocycles. The molecular weight excluding hydrogens is 247 g/mol. The van der Waals surface area contributed by atoms with Gasteiger partial charge >= 0.3 is 6.18 Å². The van der Waals surface area contributed by atoms with Gasteiger partial charge in [-0.25, -0.2) is 0 Å². The Balaban J connectivity index is 1.96. The lowest BCUT2D eigenvalue weighted by Crippen LogP contribution is -2.47. The van der Waals surface area contributed by atoms with Crippen LogP contribution in [0.2, 0.25) is 0 Å². The van der Waals surface area contributed by atoms with Crippen molar-refractivity contribution in [3.05, 3.63) is 29.3 Å². The summed E-state index contributed by atoms with van der Waals surface area (Å²) in [7, 11) is 0. The highest BCUT2D eigenvalue weighted by atomic mass is 19.4. The van der Waals surface area contributed by atoms with Crippen LogP contribution in [0.4, 0.5) is 13.2 Å². The van der Waals surface area contributed by atoms with E-state index in [1.807, 2.05) is 0 Å². The van der Waals surface area contributed by atoms with Gasteiger partial charge < -0.3 is 14.8 Å². The van der Waals surface area contributed by atoms with Gasteiger partial charge in [0.1, 0.15) is 18.5 Å². The van der Waals surface area contributed by atoms with E-state index in [0.29, 0.717) is 18.9 Å². The first kappa shape index (κ1) is 11.8. The largest absolute Gasteiger partial charge is 0.490 e. The number of nitrogens with one attached hydrogen (secondary N) is 1. The van der Waals surface area contributed by atoms with Crippen LogP contribution in [0.1, 0.15) is 17.2 Å². The lowest BCUT2D eigenvalue weighted by molar-refractivity contribution is -0.137. The maximum Gasteiger partial charge on any atom is 0.416 e. The van der Waals surface area contributed by atoms with Crippen molar-refractivity contribution in [2.75, 3.05) is 19.8 Å². The van der Waals surface area contributed by atoms with Gasteiger partial charge in [-0.1, -0.05) is 6.07 Å². The first-order valence-corrected chi connectivity index (χ1v) is 5.74. The molecule has 1 N–H and O–H groups in total. The fourth-order valence-electron chi connectivity index (χ4n) is 2.37. The molecule has 1 saturated heterocycles. The van der Waals surface area contributed by atoms with Crippen molar-refractivity contribution in [2.24, 2.45) is 0 Å². The Kier molecular flexibility index (Phi) is 2.71. The third kappa shape index (κ3) is 1.95. The fraction of sp³-hybridized carbons (Fsp3) is 0.500. The van der Waals surface area contributed by atoms with E-state index in [-0.39, 0.29) is 18.8 Å². The van der Waals surface area contributed by atoms with Crippen LogP contribution in [0.3, 0.4) is 0 Å². The zero-order valence-electron chi connectivity index (χ0n) is 9.46. The van der Waals surface area contributed by atoms with E-state index in [0.717, 1.165) is 17.7 Å². The van der Waals surface area contributed by atoms with E-state index < -0.39 is 11.7 Å². The minimum absolute atomic E-state index is 0.0789. The molecule has 2 atom stereocenters. The number of hydrogen-bond donors (Lipinski definition) is 1. The quantitative estimate of drug-likeness (QED) is 0.774. The molecule has 0 saturated carbocycles. The predicted octanol–water partition coefficient (Wildman–Crippen LogP) is 2.13. The standard InChI is InChI=1S/C12H12F3NO2/c13-12(14,15)7-1-2-8-9(5-7)18-6-10-11(8)16-3-4-17-10/h1-2,5,10-11,16H,3-4,6H2/t10-,11+/m0/s1. The van der Waals surface area contributed by atoms with Crippen LogP contribution in [-0.4, -0.2) is 25.9 Å². The van der Waals surface area contributed by atoms with E-state index in [1.165, 1.54) is 6.07 Å². The van der Waals surface area contributed by atoms with Gasteiger partial charge in [-0.2, -0.15) is 13.2 Å². The van der Waals surface area contributed by atoms with E-state index >= 15 is 0 Å². The summed E-state index contributed by atoms with van der Waals surface area (Å²) in [6.07, 6.45) is -4.46. The summed E-state index contributed by atoms with van der Waals surface area (Å²) in [6, 6.07) is 3.53. The molecule has 2 heterocycles. The number of morpholine rings is 1. The maximum atomic E-state index is 12.6. The van der Waals surface area contributed by atoms with Gasteiger partial charge in [0.2, 0.25) is 0 Å². The Hall–Kier alpha value is -1.27. The highest BCUT2D eigenvalue weighted by molar-refractivity contribution is 5.42. The highest BCUT2D eigenvalue weighted by Gasteiger charge is 2.36. The molecule has 3 nitrogen and oxygen atoms in total. The zero-order chi connectivity index (χ0) is 12.8. The van der Waals surface area contributed by atoms with Crippen molar-refractivity contribution >= 4 is 0 Å². The third-order valence-corrected chi connectivity index (χ3v) is 3.25. The molecule has 1 aromatic rings. The van der Waals surface area contributed by atoms with Gasteiger partial charge in [0, 0.05) is 12.1 Å². The normalized spacial score (nSPS) is 27.1. The number of halogens is 3. The number of ether oxygens (including phenoxy) is 2. The van der Waals surface area contributed by atoms with Crippen LogP contribution >= 0.6 is 0 Å². The summed E-state index contributed by atoms with van der Waals surface area (Å²) in [5, 5.41) is 3.25. The van der Waals surface area contributed by atoms with Gasteiger partial charge in [0.25, 0.3) is 0 Å². The number of rotatable bonds is 0. The minimum atomic E-state index is -4.34. The fourth-order valence-corrected chi connectivity index (χ4v) is 2.37. The first-order chi connectivity index (χ1) is 8.55. The third-order valence-electron chi connectivity index (χ3n) is 3.25. The Bertz CT molecular complexity index is 461. The second kappa shape index (κ2) is 4.13. The monoisotopic (exact) mass is 259 g/mol. The number of alkyl halides is 3. The summed E-state index contributed by atoms with van der Waals surface area (Å²) < 4.78 is 48.7. The molecule has 2 aliphatic heterocycles. The molecule has 0 spiro atoms. The number of fused-ring (bicyclic) bond motifs is 3. The Labute approximate surface area is 102 Å². The summed E-state index contributed by atoms with van der Waals surface area (Å²) >= 11 is 0. The average Bonchev–Trinajstić information content (AvgIpc) is 2.37. The maximum absolute atomic E-state index is 12.6. The van der Waals surface area contributed by atoms with Gasteiger partial charge in [0.05, 0.1) is 18.2 Å². The lowest BCUT2D eigenvalue weighted by atomic mass is 9.95. The van der Waals surface area contributed by atoms with Crippen LogP contribution in [-0.2, 0) is 10.9 Å². The Morgan fingerprint density at radius 1 is 1.28 bits per heavy atom. The summed E-state index contributed by atoms with van der Waals surface area (Å²) in [6.45, 7) is 1.58. The van der Waals surface area contributed by atoms with Crippen molar-refractivity contribution in [1.29, 1.82) is 0 Å². The van der Waals surface area contributed by atoms with E-state index in [4.69, 9.17) is 9.47 Å². The molecule has 0 aliphatic carbocycles. The van der Waals surface area contributed by atoms with Crippen molar-refractivity contribution < 1.29 is 22.6 Å². The molecular formula is C12H12F3NO2. The summed E-state index contributed by atoms with van der Waals surface area (Å²) in [5.74, 6) is 0.295. The Morgan fingerprint density at radius 2 is 2.11 bits per heavy atom. The molecule has 3 rings (SSSR count). The first-order valence-electron chi connectivity index (χ1n) is 5.74. The van der Waals surface area contributed by atoms with E-state index in [9.17, 15) is 13.2 Å². The van der Waals surface area contributed by atoms with Crippen molar-refractivity contribution in [3.63, 3.8) is 0 Å². The van der Waals surface area contributed by atoms with Crippen molar-refractivity contribution in [2.45, 2.75) is 18.3 Å². The summed E-state index contributed by atoms with van der Waals surface area (Å²) in [5.41, 5.74) is 0.0513. The second-order valence-corrected chi connectivity index (χ2v) is 4.40. The molecule has 0 amide bonds.